The molecule has 0 bridgehead atoms. The number of para-hydroxylation sites is 2. The van der Waals surface area contributed by atoms with E-state index in [1.54, 1.807) is 13.3 Å². The lowest BCUT2D eigenvalue weighted by molar-refractivity contribution is 0.0589. The molecule has 2 heterocycles. The molecule has 1 aliphatic heterocycles. The summed E-state index contributed by atoms with van der Waals surface area (Å²) in [6, 6.07) is 7.65. The molecule has 6 nitrogen and oxygen atoms in total. The highest BCUT2D eigenvalue weighted by Crippen LogP contribution is 2.29. The summed E-state index contributed by atoms with van der Waals surface area (Å²) in [6.07, 6.45) is 3.31. The van der Waals surface area contributed by atoms with E-state index in [0.29, 0.717) is 18.7 Å². The molecule has 0 aliphatic carbocycles. The number of benzene rings is 1. The van der Waals surface area contributed by atoms with Crippen LogP contribution in [0.1, 0.15) is 54.5 Å². The number of carbonyl (C=O) groups excluding carboxylic acids is 1. The molecule has 6 heteroatoms. The Hall–Kier alpha value is -2.63. The molecule has 1 amide bonds. The minimum Gasteiger partial charge on any atom is -0.493 e. The molecule has 0 spiro atoms. The molecule has 0 radical (unpaired) electrons. The first kappa shape index (κ1) is 19.1. The van der Waals surface area contributed by atoms with Crippen LogP contribution in [-0.2, 0) is 0 Å². The topological polar surface area (TPSA) is 64.6 Å². The summed E-state index contributed by atoms with van der Waals surface area (Å²) < 4.78 is 11.4. The van der Waals surface area contributed by atoms with E-state index in [2.05, 4.69) is 9.97 Å². The third-order valence-corrected chi connectivity index (χ3v) is 4.84. The number of piperidine rings is 1. The highest BCUT2D eigenvalue weighted by molar-refractivity contribution is 5.95. The first-order valence-corrected chi connectivity index (χ1v) is 9.42. The van der Waals surface area contributed by atoms with Crippen molar-refractivity contribution >= 4 is 5.91 Å². The van der Waals surface area contributed by atoms with Gasteiger partial charge >= 0.3 is 0 Å². The SMILES string of the molecule is COc1ccccc1OC1CCN(C(=O)c2cnc(C(C)C)nc2C)CC1. The molecule has 27 heavy (non-hydrogen) atoms. The second-order valence-electron chi connectivity index (χ2n) is 7.14. The van der Waals surface area contributed by atoms with Crippen molar-refractivity contribution in [2.45, 2.75) is 45.6 Å². The quantitative estimate of drug-likeness (QED) is 0.806. The number of nitrogens with zero attached hydrogens (tertiary/aromatic N) is 3. The summed E-state index contributed by atoms with van der Waals surface area (Å²) >= 11 is 0. The zero-order chi connectivity index (χ0) is 19.4. The molecule has 0 N–H and O–H groups in total. The molecule has 144 valence electrons. The zero-order valence-corrected chi connectivity index (χ0v) is 16.4. The minimum absolute atomic E-state index is 0.00134. The van der Waals surface area contributed by atoms with Crippen molar-refractivity contribution in [2.24, 2.45) is 0 Å². The standard InChI is InChI=1S/C21H27N3O3/c1-14(2)20-22-13-17(15(3)23-20)21(25)24-11-9-16(10-12-24)27-19-8-6-5-7-18(19)26-4/h5-8,13-14,16H,9-12H2,1-4H3. The smallest absolute Gasteiger partial charge is 0.257 e. The highest BCUT2D eigenvalue weighted by Gasteiger charge is 2.26. The first-order chi connectivity index (χ1) is 13.0. The average molecular weight is 369 g/mol. The van der Waals surface area contributed by atoms with E-state index < -0.39 is 0 Å². The van der Waals surface area contributed by atoms with Crippen LogP contribution < -0.4 is 9.47 Å². The van der Waals surface area contributed by atoms with Crippen LogP contribution in [0.15, 0.2) is 30.5 Å². The highest BCUT2D eigenvalue weighted by atomic mass is 16.5. The van der Waals surface area contributed by atoms with Crippen molar-refractivity contribution in [3.05, 3.63) is 47.5 Å². The summed E-state index contributed by atoms with van der Waals surface area (Å²) in [6.45, 7) is 7.28. The Kier molecular flexibility index (Phi) is 5.94. The van der Waals surface area contributed by atoms with Crippen LogP contribution in [0.2, 0.25) is 0 Å². The predicted octanol–water partition coefficient (Wildman–Crippen LogP) is 3.60. The summed E-state index contributed by atoms with van der Waals surface area (Å²) in [7, 11) is 1.64. The van der Waals surface area contributed by atoms with Gasteiger partial charge in [-0.2, -0.15) is 0 Å². The maximum absolute atomic E-state index is 12.9. The number of likely N-dealkylation sites (tertiary alicyclic amines) is 1. The molecular weight excluding hydrogens is 342 g/mol. The van der Waals surface area contributed by atoms with E-state index in [1.165, 1.54) is 0 Å². The van der Waals surface area contributed by atoms with Crippen molar-refractivity contribution in [2.75, 3.05) is 20.2 Å². The minimum atomic E-state index is -0.00134. The van der Waals surface area contributed by atoms with Crippen LogP contribution in [0.4, 0.5) is 0 Å². The molecule has 1 saturated heterocycles. The molecule has 1 aliphatic rings. The van der Waals surface area contributed by atoms with Gasteiger partial charge in [0.15, 0.2) is 11.5 Å². The van der Waals surface area contributed by atoms with E-state index in [4.69, 9.17) is 9.47 Å². The van der Waals surface area contributed by atoms with Gasteiger partial charge in [-0.05, 0) is 19.1 Å². The monoisotopic (exact) mass is 369 g/mol. The fraction of sp³-hybridized carbons (Fsp3) is 0.476. The molecule has 1 aromatic carbocycles. The molecule has 2 aromatic rings. The fourth-order valence-corrected chi connectivity index (χ4v) is 3.22. The Morgan fingerprint density at radius 1 is 1.19 bits per heavy atom. The van der Waals surface area contributed by atoms with Gasteiger partial charge < -0.3 is 14.4 Å². The number of methoxy groups -OCH3 is 1. The van der Waals surface area contributed by atoms with E-state index in [1.807, 2.05) is 49.9 Å². The molecule has 1 aromatic heterocycles. The van der Waals surface area contributed by atoms with Crippen molar-refractivity contribution < 1.29 is 14.3 Å². The Bertz CT molecular complexity index is 799. The third-order valence-electron chi connectivity index (χ3n) is 4.84. The molecular formula is C21H27N3O3. The molecule has 0 unspecified atom stereocenters. The van der Waals surface area contributed by atoms with E-state index in [0.717, 1.165) is 35.9 Å². The number of ether oxygens (including phenoxy) is 2. The van der Waals surface area contributed by atoms with Crippen molar-refractivity contribution in [3.63, 3.8) is 0 Å². The zero-order valence-electron chi connectivity index (χ0n) is 16.4. The third kappa shape index (κ3) is 4.38. The molecule has 0 atom stereocenters. The number of carbonyl (C=O) groups is 1. The first-order valence-electron chi connectivity index (χ1n) is 9.42. The summed E-state index contributed by atoms with van der Waals surface area (Å²) in [4.78, 5) is 23.5. The number of hydrogen-bond acceptors (Lipinski definition) is 5. The van der Waals surface area contributed by atoms with Gasteiger partial charge in [0.25, 0.3) is 5.91 Å². The number of amides is 1. The van der Waals surface area contributed by atoms with Gasteiger partial charge in [-0.1, -0.05) is 26.0 Å². The van der Waals surface area contributed by atoms with Crippen LogP contribution in [0.5, 0.6) is 11.5 Å². The normalized spacial score (nSPS) is 15.1. The summed E-state index contributed by atoms with van der Waals surface area (Å²) in [5.41, 5.74) is 1.33. The second kappa shape index (κ2) is 8.37. The van der Waals surface area contributed by atoms with Crippen LogP contribution in [0, 0.1) is 6.92 Å². The maximum Gasteiger partial charge on any atom is 0.257 e. The van der Waals surface area contributed by atoms with Gasteiger partial charge in [-0.3, -0.25) is 4.79 Å². The Balaban J connectivity index is 1.61. The lowest BCUT2D eigenvalue weighted by Crippen LogP contribution is -2.42. The van der Waals surface area contributed by atoms with E-state index in [9.17, 15) is 4.79 Å². The van der Waals surface area contributed by atoms with Gasteiger partial charge in [0.05, 0.1) is 18.4 Å². The van der Waals surface area contributed by atoms with Crippen LogP contribution >= 0.6 is 0 Å². The van der Waals surface area contributed by atoms with E-state index in [-0.39, 0.29) is 17.9 Å². The van der Waals surface area contributed by atoms with Crippen molar-refractivity contribution in [3.8, 4) is 11.5 Å². The van der Waals surface area contributed by atoms with Crippen molar-refractivity contribution in [1.29, 1.82) is 0 Å². The molecule has 3 rings (SSSR count). The largest absolute Gasteiger partial charge is 0.493 e. The summed E-state index contributed by atoms with van der Waals surface area (Å²) in [5.74, 6) is 2.49. The lowest BCUT2D eigenvalue weighted by Gasteiger charge is -2.32. The maximum atomic E-state index is 12.9. The predicted molar refractivity (Wildman–Crippen MR) is 103 cm³/mol. The van der Waals surface area contributed by atoms with Gasteiger partial charge in [0.2, 0.25) is 0 Å². The molecule has 1 fully saturated rings. The Morgan fingerprint density at radius 2 is 1.85 bits per heavy atom. The van der Waals surface area contributed by atoms with Gasteiger partial charge in [-0.15, -0.1) is 0 Å². The van der Waals surface area contributed by atoms with Gasteiger partial charge in [-0.25, -0.2) is 9.97 Å². The van der Waals surface area contributed by atoms with E-state index >= 15 is 0 Å². The number of aryl methyl sites for hydroxylation is 1. The Labute approximate surface area is 160 Å². The Morgan fingerprint density at radius 3 is 2.44 bits per heavy atom. The number of rotatable bonds is 5. The van der Waals surface area contributed by atoms with Crippen LogP contribution in [0.25, 0.3) is 0 Å². The lowest BCUT2D eigenvalue weighted by atomic mass is 10.1. The second-order valence-corrected chi connectivity index (χ2v) is 7.14. The van der Waals surface area contributed by atoms with Gasteiger partial charge in [0, 0.05) is 38.0 Å². The number of hydrogen-bond donors (Lipinski definition) is 0. The fourth-order valence-electron chi connectivity index (χ4n) is 3.22. The van der Waals surface area contributed by atoms with Crippen molar-refractivity contribution in [1.82, 2.24) is 14.9 Å². The average Bonchev–Trinajstić information content (AvgIpc) is 2.68. The van der Waals surface area contributed by atoms with Crippen LogP contribution in [0.3, 0.4) is 0 Å². The van der Waals surface area contributed by atoms with Gasteiger partial charge in [0.1, 0.15) is 11.9 Å². The summed E-state index contributed by atoms with van der Waals surface area (Å²) in [5, 5.41) is 0. The number of aromatic nitrogens is 2. The molecule has 0 saturated carbocycles. The van der Waals surface area contributed by atoms with Crippen LogP contribution in [-0.4, -0.2) is 47.1 Å².